The van der Waals surface area contributed by atoms with E-state index in [-0.39, 0.29) is 5.56 Å². The van der Waals surface area contributed by atoms with Gasteiger partial charge in [-0.05, 0) is 36.4 Å². The normalized spacial score (nSPS) is 14.3. The van der Waals surface area contributed by atoms with Crippen molar-refractivity contribution in [1.29, 1.82) is 0 Å². The highest BCUT2D eigenvalue weighted by atomic mass is 19.4. The molecule has 0 bridgehead atoms. The summed E-state index contributed by atoms with van der Waals surface area (Å²) in [6, 6.07) is 18.5. The van der Waals surface area contributed by atoms with E-state index in [9.17, 15) is 18.0 Å². The van der Waals surface area contributed by atoms with Crippen LogP contribution in [0.5, 0.6) is 0 Å². The number of halogens is 3. The van der Waals surface area contributed by atoms with Crippen molar-refractivity contribution in [2.24, 2.45) is 0 Å². The zero-order valence-electron chi connectivity index (χ0n) is 17.6. The molecule has 0 spiro atoms. The highest BCUT2D eigenvalue weighted by Gasteiger charge is 2.30. The number of nitrogens with one attached hydrogen (secondary N) is 1. The molecule has 5 rings (SSSR count). The number of H-pyrrole nitrogens is 1. The third-order valence-corrected chi connectivity index (χ3v) is 5.89. The molecule has 168 valence electrons. The van der Waals surface area contributed by atoms with Crippen LogP contribution in [0, 0.1) is 0 Å². The summed E-state index contributed by atoms with van der Waals surface area (Å²) in [6.07, 6.45) is -1.88. The highest BCUT2D eigenvalue weighted by molar-refractivity contribution is 5.54. The van der Waals surface area contributed by atoms with E-state index in [2.05, 4.69) is 14.9 Å². The van der Waals surface area contributed by atoms with Crippen molar-refractivity contribution in [3.8, 4) is 17.1 Å². The van der Waals surface area contributed by atoms with Crippen LogP contribution in [0.25, 0.3) is 17.1 Å². The summed E-state index contributed by atoms with van der Waals surface area (Å²) in [6.45, 7) is 1.76. The van der Waals surface area contributed by atoms with Gasteiger partial charge in [0.15, 0.2) is 0 Å². The zero-order chi connectivity index (χ0) is 23.0. The first kappa shape index (κ1) is 21.2. The van der Waals surface area contributed by atoms with Crippen molar-refractivity contribution in [1.82, 2.24) is 19.4 Å². The Morgan fingerprint density at radius 3 is 2.45 bits per heavy atom. The summed E-state index contributed by atoms with van der Waals surface area (Å²) in [5, 5.41) is 0. The fraction of sp³-hybridized carbons (Fsp3) is 0.200. The van der Waals surface area contributed by atoms with Crippen LogP contribution in [0.15, 0.2) is 77.7 Å². The number of aromatic nitrogens is 3. The van der Waals surface area contributed by atoms with E-state index < -0.39 is 11.7 Å². The van der Waals surface area contributed by atoms with Gasteiger partial charge in [0, 0.05) is 49.2 Å². The molecule has 0 unspecified atom stereocenters. The summed E-state index contributed by atoms with van der Waals surface area (Å²) in [4.78, 5) is 22.5. The average molecular weight is 450 g/mol. The van der Waals surface area contributed by atoms with Gasteiger partial charge in [-0.2, -0.15) is 13.2 Å². The second kappa shape index (κ2) is 8.37. The Bertz CT molecular complexity index is 1320. The molecule has 2 aromatic heterocycles. The lowest BCUT2D eigenvalue weighted by Crippen LogP contribution is -2.35. The van der Waals surface area contributed by atoms with E-state index in [1.54, 1.807) is 0 Å². The summed E-state index contributed by atoms with van der Waals surface area (Å²) in [7, 11) is 0. The molecule has 33 heavy (non-hydrogen) atoms. The Balaban J connectivity index is 1.35. The van der Waals surface area contributed by atoms with Gasteiger partial charge in [-0.25, -0.2) is 4.98 Å². The van der Waals surface area contributed by atoms with Crippen LogP contribution in [0.1, 0.15) is 22.5 Å². The summed E-state index contributed by atoms with van der Waals surface area (Å²) < 4.78 is 40.5. The molecule has 1 aliphatic rings. The average Bonchev–Trinajstić information content (AvgIpc) is 3.27. The summed E-state index contributed by atoms with van der Waals surface area (Å²) in [5.74, 6) is 0.573. The van der Waals surface area contributed by atoms with Gasteiger partial charge >= 0.3 is 6.18 Å². The molecule has 0 amide bonds. The largest absolute Gasteiger partial charge is 0.416 e. The fourth-order valence-electron chi connectivity index (χ4n) is 4.19. The summed E-state index contributed by atoms with van der Waals surface area (Å²) >= 11 is 0. The van der Waals surface area contributed by atoms with Gasteiger partial charge in [0.1, 0.15) is 5.82 Å². The van der Waals surface area contributed by atoms with Crippen molar-refractivity contribution >= 4 is 0 Å². The van der Waals surface area contributed by atoms with E-state index in [0.29, 0.717) is 36.6 Å². The molecule has 0 aliphatic carbocycles. The maximum atomic E-state index is 12.9. The minimum absolute atomic E-state index is 0.137. The van der Waals surface area contributed by atoms with E-state index in [4.69, 9.17) is 0 Å². The van der Waals surface area contributed by atoms with Gasteiger partial charge in [-0.15, -0.1) is 0 Å². The SMILES string of the molecule is O=c1[nH]c(-c2ccccc2)nc2c1CN(Cc1cccn1-c1ccc(C(F)(F)F)cc1)CC2. The number of nitrogens with zero attached hydrogens (tertiary/aromatic N) is 3. The Morgan fingerprint density at radius 2 is 1.73 bits per heavy atom. The number of alkyl halides is 3. The van der Waals surface area contributed by atoms with Crippen molar-refractivity contribution in [2.45, 2.75) is 25.7 Å². The fourth-order valence-corrected chi connectivity index (χ4v) is 4.19. The Hall–Kier alpha value is -3.65. The van der Waals surface area contributed by atoms with E-state index in [0.717, 1.165) is 35.6 Å². The molecule has 8 heteroatoms. The Morgan fingerprint density at radius 1 is 0.970 bits per heavy atom. The van der Waals surface area contributed by atoms with Crippen LogP contribution in [-0.2, 0) is 25.7 Å². The van der Waals surface area contributed by atoms with Crippen LogP contribution in [0.4, 0.5) is 13.2 Å². The molecule has 2 aromatic carbocycles. The van der Waals surface area contributed by atoms with Crippen LogP contribution in [-0.4, -0.2) is 26.0 Å². The first-order chi connectivity index (χ1) is 15.9. The lowest BCUT2D eigenvalue weighted by Gasteiger charge is -2.28. The van der Waals surface area contributed by atoms with E-state index >= 15 is 0 Å². The Labute approximate surface area is 188 Å². The minimum Gasteiger partial charge on any atom is -0.320 e. The molecule has 4 aromatic rings. The molecule has 3 heterocycles. The number of hydrogen-bond donors (Lipinski definition) is 1. The van der Waals surface area contributed by atoms with Crippen molar-refractivity contribution in [2.75, 3.05) is 6.54 Å². The molecule has 0 radical (unpaired) electrons. The highest BCUT2D eigenvalue weighted by Crippen LogP contribution is 2.30. The van der Waals surface area contributed by atoms with Gasteiger partial charge in [-0.3, -0.25) is 9.69 Å². The molecular formula is C25H21F3N4O. The molecule has 1 N–H and O–H groups in total. The molecule has 0 saturated carbocycles. The first-order valence-corrected chi connectivity index (χ1v) is 10.6. The second-order valence-corrected chi connectivity index (χ2v) is 8.08. The van der Waals surface area contributed by atoms with Crippen molar-refractivity contribution in [3.63, 3.8) is 0 Å². The number of benzene rings is 2. The molecule has 0 fully saturated rings. The van der Waals surface area contributed by atoms with E-state index in [1.165, 1.54) is 12.1 Å². The topological polar surface area (TPSA) is 53.9 Å². The molecule has 1 aliphatic heterocycles. The monoisotopic (exact) mass is 450 g/mol. The van der Waals surface area contributed by atoms with Crippen molar-refractivity contribution in [3.05, 3.63) is 106 Å². The standard InChI is InChI=1S/C25H21F3N4O/c26-25(27,28)18-8-10-19(11-9-18)32-13-4-7-20(32)15-31-14-12-22-21(16-31)24(33)30-23(29-22)17-5-2-1-3-6-17/h1-11,13H,12,14-16H2,(H,29,30,33). The van der Waals surface area contributed by atoms with Crippen LogP contribution >= 0.6 is 0 Å². The predicted octanol–water partition coefficient (Wildman–Crippen LogP) is 4.80. The van der Waals surface area contributed by atoms with Gasteiger partial charge < -0.3 is 9.55 Å². The second-order valence-electron chi connectivity index (χ2n) is 8.08. The smallest absolute Gasteiger partial charge is 0.320 e. The van der Waals surface area contributed by atoms with Gasteiger partial charge in [0.25, 0.3) is 5.56 Å². The number of hydrogen-bond acceptors (Lipinski definition) is 3. The third kappa shape index (κ3) is 4.34. The Kier molecular flexibility index (Phi) is 5.38. The minimum atomic E-state index is -4.36. The van der Waals surface area contributed by atoms with Gasteiger partial charge in [0.2, 0.25) is 0 Å². The molecule has 5 nitrogen and oxygen atoms in total. The van der Waals surface area contributed by atoms with Crippen LogP contribution < -0.4 is 5.56 Å². The number of rotatable bonds is 4. The van der Waals surface area contributed by atoms with E-state index in [1.807, 2.05) is 53.2 Å². The quantitative estimate of drug-likeness (QED) is 0.486. The van der Waals surface area contributed by atoms with Crippen LogP contribution in [0.3, 0.4) is 0 Å². The van der Waals surface area contributed by atoms with Gasteiger partial charge in [-0.1, -0.05) is 30.3 Å². The predicted molar refractivity (Wildman–Crippen MR) is 119 cm³/mol. The lowest BCUT2D eigenvalue weighted by atomic mass is 10.1. The van der Waals surface area contributed by atoms with Crippen LogP contribution in [0.2, 0.25) is 0 Å². The van der Waals surface area contributed by atoms with Crippen molar-refractivity contribution < 1.29 is 13.2 Å². The van der Waals surface area contributed by atoms with Gasteiger partial charge in [0.05, 0.1) is 16.8 Å². The number of aromatic amines is 1. The molecule has 0 atom stereocenters. The molecule has 0 saturated heterocycles. The number of fused-ring (bicyclic) bond motifs is 1. The first-order valence-electron chi connectivity index (χ1n) is 10.6. The maximum Gasteiger partial charge on any atom is 0.416 e. The third-order valence-electron chi connectivity index (χ3n) is 5.89. The maximum absolute atomic E-state index is 12.9. The zero-order valence-corrected chi connectivity index (χ0v) is 17.6. The molecular weight excluding hydrogens is 429 g/mol. The summed E-state index contributed by atoms with van der Waals surface area (Å²) in [5.41, 5.74) is 3.13. The lowest BCUT2D eigenvalue weighted by molar-refractivity contribution is -0.137.